The second-order valence-corrected chi connectivity index (χ2v) is 4.94. The van der Waals surface area contributed by atoms with Crippen molar-refractivity contribution in [2.24, 2.45) is 0 Å². The van der Waals surface area contributed by atoms with Crippen LogP contribution < -0.4 is 10.6 Å². The summed E-state index contributed by atoms with van der Waals surface area (Å²) in [5.74, 6) is 0.736. The molecule has 0 aliphatic carbocycles. The fraction of sp³-hybridized carbons (Fsp3) is 0.176. The smallest absolute Gasteiger partial charge is 0.226 e. The predicted molar refractivity (Wildman–Crippen MR) is 87.1 cm³/mol. The van der Waals surface area contributed by atoms with Gasteiger partial charge < -0.3 is 10.6 Å². The van der Waals surface area contributed by atoms with E-state index in [-0.39, 0.29) is 0 Å². The molecule has 0 saturated heterocycles. The van der Waals surface area contributed by atoms with E-state index in [0.29, 0.717) is 6.54 Å². The summed E-state index contributed by atoms with van der Waals surface area (Å²) in [4.78, 5) is 11.2. The number of aromatic nitrogens is 2. The van der Waals surface area contributed by atoms with Gasteiger partial charge in [-0.25, -0.2) is 9.97 Å². The number of rotatable bonds is 4. The average Bonchev–Trinajstić information content (AvgIpc) is 2.54. The van der Waals surface area contributed by atoms with Gasteiger partial charge in [0.1, 0.15) is 0 Å². The second kappa shape index (κ2) is 5.79. The lowest BCUT2D eigenvalue weighted by Gasteiger charge is -2.21. The van der Waals surface area contributed by atoms with Crippen LogP contribution in [0.25, 0.3) is 10.9 Å². The van der Waals surface area contributed by atoms with Gasteiger partial charge in [-0.15, -0.1) is 0 Å². The first-order valence-electron chi connectivity index (χ1n) is 7.08. The summed E-state index contributed by atoms with van der Waals surface area (Å²) in [5, 5.41) is 1.05. The number of nitrogens with two attached hydrogens (primary N) is 1. The minimum absolute atomic E-state index is 0.710. The topological polar surface area (TPSA) is 55.0 Å². The number of para-hydroxylation sites is 2. The summed E-state index contributed by atoms with van der Waals surface area (Å²) in [6.07, 6.45) is 1.87. The van der Waals surface area contributed by atoms with E-state index >= 15 is 0 Å². The maximum atomic E-state index is 6.02. The molecule has 0 saturated carbocycles. The largest absolute Gasteiger partial charge is 0.398 e. The number of benzene rings is 2. The van der Waals surface area contributed by atoms with Gasteiger partial charge in [0.25, 0.3) is 0 Å². The summed E-state index contributed by atoms with van der Waals surface area (Å²) < 4.78 is 0. The molecule has 0 amide bonds. The van der Waals surface area contributed by atoms with E-state index in [9.17, 15) is 0 Å². The van der Waals surface area contributed by atoms with E-state index in [4.69, 9.17) is 5.73 Å². The first kappa shape index (κ1) is 13.4. The van der Waals surface area contributed by atoms with Gasteiger partial charge in [0.05, 0.1) is 5.52 Å². The Morgan fingerprint density at radius 1 is 1.05 bits per heavy atom. The van der Waals surface area contributed by atoms with Gasteiger partial charge >= 0.3 is 0 Å². The zero-order valence-electron chi connectivity index (χ0n) is 12.0. The van der Waals surface area contributed by atoms with Gasteiger partial charge in [-0.3, -0.25) is 0 Å². The predicted octanol–water partition coefficient (Wildman–Crippen LogP) is 3.24. The van der Waals surface area contributed by atoms with Crippen LogP contribution in [0.15, 0.2) is 54.7 Å². The minimum Gasteiger partial charge on any atom is -0.398 e. The van der Waals surface area contributed by atoms with Crippen LogP contribution in [0.2, 0.25) is 0 Å². The molecule has 4 heteroatoms. The van der Waals surface area contributed by atoms with Crippen molar-refractivity contribution in [1.82, 2.24) is 9.97 Å². The van der Waals surface area contributed by atoms with Gasteiger partial charge in [-0.05, 0) is 24.6 Å². The number of hydrogen-bond acceptors (Lipinski definition) is 4. The van der Waals surface area contributed by atoms with Crippen LogP contribution in [0.1, 0.15) is 12.5 Å². The van der Waals surface area contributed by atoms with Crippen molar-refractivity contribution in [2.45, 2.75) is 13.5 Å². The summed E-state index contributed by atoms with van der Waals surface area (Å²) >= 11 is 0. The highest BCUT2D eigenvalue weighted by atomic mass is 15.2. The Morgan fingerprint density at radius 2 is 1.81 bits per heavy atom. The third-order valence-corrected chi connectivity index (χ3v) is 3.56. The van der Waals surface area contributed by atoms with Crippen molar-refractivity contribution in [3.63, 3.8) is 0 Å². The summed E-state index contributed by atoms with van der Waals surface area (Å²) in [5.41, 5.74) is 8.88. The molecule has 2 aromatic carbocycles. The molecule has 0 spiro atoms. The van der Waals surface area contributed by atoms with E-state index in [1.54, 1.807) is 0 Å². The summed E-state index contributed by atoms with van der Waals surface area (Å²) in [6, 6.07) is 15.9. The van der Waals surface area contributed by atoms with Crippen LogP contribution in [0, 0.1) is 0 Å². The molecule has 0 bridgehead atoms. The first-order valence-corrected chi connectivity index (χ1v) is 7.08. The quantitative estimate of drug-likeness (QED) is 0.744. The van der Waals surface area contributed by atoms with E-state index in [0.717, 1.165) is 34.6 Å². The molecule has 0 aliphatic rings. The number of anilines is 2. The average molecular weight is 278 g/mol. The molecule has 0 atom stereocenters. The zero-order valence-corrected chi connectivity index (χ0v) is 12.0. The van der Waals surface area contributed by atoms with Crippen molar-refractivity contribution >= 4 is 22.5 Å². The number of hydrogen-bond donors (Lipinski definition) is 1. The monoisotopic (exact) mass is 278 g/mol. The molecule has 2 N–H and O–H groups in total. The maximum absolute atomic E-state index is 6.02. The van der Waals surface area contributed by atoms with Crippen LogP contribution in [0.5, 0.6) is 0 Å². The van der Waals surface area contributed by atoms with Gasteiger partial charge in [0.2, 0.25) is 5.95 Å². The van der Waals surface area contributed by atoms with E-state index in [1.807, 2.05) is 54.7 Å². The van der Waals surface area contributed by atoms with E-state index < -0.39 is 0 Å². The summed E-state index contributed by atoms with van der Waals surface area (Å²) in [6.45, 7) is 3.63. The third-order valence-electron chi connectivity index (χ3n) is 3.56. The lowest BCUT2D eigenvalue weighted by molar-refractivity contribution is 0.797. The van der Waals surface area contributed by atoms with Gasteiger partial charge in [0.15, 0.2) is 0 Å². The van der Waals surface area contributed by atoms with Crippen molar-refractivity contribution < 1.29 is 0 Å². The van der Waals surface area contributed by atoms with Gasteiger partial charge in [-0.2, -0.15) is 0 Å². The van der Waals surface area contributed by atoms with Gasteiger partial charge in [-0.1, -0.05) is 36.4 Å². The molecule has 3 rings (SSSR count). The molecule has 0 unspecified atom stereocenters. The standard InChI is InChI=1S/C17H18N4/c1-2-21(12-14-8-3-5-9-15(14)18)17-19-11-13-7-4-6-10-16(13)20-17/h3-11H,2,12,18H2,1H3. The highest BCUT2D eigenvalue weighted by Crippen LogP contribution is 2.19. The summed E-state index contributed by atoms with van der Waals surface area (Å²) in [7, 11) is 0. The molecule has 0 radical (unpaired) electrons. The van der Waals surface area contributed by atoms with E-state index in [1.165, 1.54) is 0 Å². The Kier molecular flexibility index (Phi) is 3.69. The van der Waals surface area contributed by atoms with Crippen molar-refractivity contribution in [3.8, 4) is 0 Å². The molecule has 4 nitrogen and oxygen atoms in total. The molecule has 1 aromatic heterocycles. The van der Waals surface area contributed by atoms with E-state index in [2.05, 4.69) is 21.8 Å². The van der Waals surface area contributed by atoms with Crippen LogP contribution >= 0.6 is 0 Å². The van der Waals surface area contributed by atoms with Crippen molar-refractivity contribution in [2.75, 3.05) is 17.2 Å². The lowest BCUT2D eigenvalue weighted by atomic mass is 10.1. The fourth-order valence-corrected chi connectivity index (χ4v) is 2.32. The molecule has 21 heavy (non-hydrogen) atoms. The Hall–Kier alpha value is -2.62. The third kappa shape index (κ3) is 2.79. The maximum Gasteiger partial charge on any atom is 0.226 e. The zero-order chi connectivity index (χ0) is 14.7. The van der Waals surface area contributed by atoms with Crippen molar-refractivity contribution in [3.05, 3.63) is 60.3 Å². The highest BCUT2D eigenvalue weighted by molar-refractivity contribution is 5.78. The van der Waals surface area contributed by atoms with Crippen LogP contribution in [-0.2, 0) is 6.54 Å². The van der Waals surface area contributed by atoms with Crippen molar-refractivity contribution in [1.29, 1.82) is 0 Å². The van der Waals surface area contributed by atoms with Gasteiger partial charge in [0, 0.05) is 30.4 Å². The first-order chi connectivity index (χ1) is 10.3. The molecule has 0 fully saturated rings. The number of nitrogens with zero attached hydrogens (tertiary/aromatic N) is 3. The number of fused-ring (bicyclic) bond motifs is 1. The SMILES string of the molecule is CCN(Cc1ccccc1N)c1ncc2ccccc2n1. The molecular formula is C17H18N4. The minimum atomic E-state index is 0.710. The second-order valence-electron chi connectivity index (χ2n) is 4.94. The fourth-order valence-electron chi connectivity index (χ4n) is 2.32. The normalized spacial score (nSPS) is 10.7. The van der Waals surface area contributed by atoms with Crippen LogP contribution in [-0.4, -0.2) is 16.5 Å². The van der Waals surface area contributed by atoms with Crippen LogP contribution in [0.3, 0.4) is 0 Å². The van der Waals surface area contributed by atoms with Crippen LogP contribution in [0.4, 0.5) is 11.6 Å². The Labute approximate surface area is 124 Å². The number of nitrogen functional groups attached to an aromatic ring is 1. The molecule has 3 aromatic rings. The molecule has 0 aliphatic heterocycles. The highest BCUT2D eigenvalue weighted by Gasteiger charge is 2.10. The Bertz CT molecular complexity index is 754. The Balaban J connectivity index is 1.93. The molecular weight excluding hydrogens is 260 g/mol. The molecule has 106 valence electrons. The lowest BCUT2D eigenvalue weighted by Crippen LogP contribution is -2.24. The molecule has 1 heterocycles. The Morgan fingerprint density at radius 3 is 2.62 bits per heavy atom.